The molecule has 3 heterocycles. The quantitative estimate of drug-likeness (QED) is 0.0149. The lowest BCUT2D eigenvalue weighted by molar-refractivity contribution is -0.438. The average molecular weight is 1160 g/mol. The van der Waals surface area contributed by atoms with Gasteiger partial charge >= 0.3 is 5.97 Å². The number of aliphatic carboxylic acids is 1. The number of benzene rings is 4. The van der Waals surface area contributed by atoms with Gasteiger partial charge in [0.05, 0.1) is 51.5 Å². The Morgan fingerprint density at radius 3 is 2.07 bits per heavy atom. The van der Waals surface area contributed by atoms with E-state index in [1.54, 1.807) is 0 Å². The summed E-state index contributed by atoms with van der Waals surface area (Å²) in [5, 5.41) is 23.5. The van der Waals surface area contributed by atoms with Crippen molar-refractivity contribution < 1.29 is 43.1 Å². The van der Waals surface area contributed by atoms with E-state index >= 15 is 0 Å². The van der Waals surface area contributed by atoms with Crippen molar-refractivity contribution in [1.29, 1.82) is 0 Å². The molecule has 1 fully saturated rings. The number of carbonyl (C=O) groups is 4. The highest BCUT2D eigenvalue weighted by Gasteiger charge is 2.45. The van der Waals surface area contributed by atoms with Crippen LogP contribution in [-0.2, 0) is 44.2 Å². The molecular weight excluding hydrogens is 1070 g/mol. The lowest BCUT2D eigenvalue weighted by Crippen LogP contribution is -2.47. The van der Waals surface area contributed by atoms with Crippen LogP contribution in [-0.4, -0.2) is 122 Å². The first-order chi connectivity index (χ1) is 39.8. The topological polar surface area (TPSA) is 159 Å². The third-order valence-electron chi connectivity index (χ3n) is 15.9. The summed E-state index contributed by atoms with van der Waals surface area (Å²) in [6, 6.07) is 25.7. The number of fused-ring (bicyclic) bond motifs is 6. The number of nitrogens with one attached hydrogen (secondary N) is 3. The van der Waals surface area contributed by atoms with Crippen molar-refractivity contribution >= 4 is 83.9 Å². The third-order valence-corrected chi connectivity index (χ3v) is 18.9. The van der Waals surface area contributed by atoms with Crippen molar-refractivity contribution in [3.05, 3.63) is 132 Å². The van der Waals surface area contributed by atoms with Crippen LogP contribution in [0.2, 0.25) is 0 Å². The van der Waals surface area contributed by atoms with Crippen molar-refractivity contribution in [2.45, 2.75) is 147 Å². The van der Waals surface area contributed by atoms with Crippen LogP contribution in [0.15, 0.2) is 121 Å². The highest BCUT2D eigenvalue weighted by atomic mass is 33.1. The molecule has 4 aromatic rings. The van der Waals surface area contributed by atoms with Gasteiger partial charge in [-0.05, 0) is 117 Å². The maximum absolute atomic E-state index is 13.5. The van der Waals surface area contributed by atoms with Crippen LogP contribution >= 0.6 is 21.6 Å². The molecule has 3 aliphatic rings. The van der Waals surface area contributed by atoms with Crippen LogP contribution in [0.5, 0.6) is 0 Å². The predicted molar refractivity (Wildman–Crippen MR) is 339 cm³/mol. The Balaban J connectivity index is 0.894. The molecule has 442 valence electrons. The summed E-state index contributed by atoms with van der Waals surface area (Å²) in [6.45, 7) is 15.8. The van der Waals surface area contributed by atoms with E-state index in [4.69, 9.17) is 19.3 Å². The molecule has 4 aromatic carbocycles. The molecule has 0 radical (unpaired) electrons. The number of ether oxygens (including phenoxy) is 3. The van der Waals surface area contributed by atoms with Gasteiger partial charge in [-0.15, -0.1) is 0 Å². The van der Waals surface area contributed by atoms with Gasteiger partial charge in [-0.1, -0.05) is 133 Å². The molecule has 82 heavy (non-hydrogen) atoms. The van der Waals surface area contributed by atoms with Gasteiger partial charge in [-0.25, -0.2) is 0 Å². The lowest BCUT2D eigenvalue weighted by Gasteiger charge is -2.26. The third kappa shape index (κ3) is 18.1. The van der Waals surface area contributed by atoms with Gasteiger partial charge in [-0.2, -0.15) is 4.58 Å². The number of likely N-dealkylation sites (N-methyl/N-ethyl adjacent to an activating group) is 1. The van der Waals surface area contributed by atoms with Crippen molar-refractivity contribution in [2.24, 2.45) is 0 Å². The zero-order valence-corrected chi connectivity index (χ0v) is 51.0. The van der Waals surface area contributed by atoms with Crippen LogP contribution in [0, 0.1) is 0 Å². The molecule has 3 amide bonds. The van der Waals surface area contributed by atoms with E-state index in [-0.39, 0.29) is 54.7 Å². The minimum absolute atomic E-state index is 0.0473. The minimum Gasteiger partial charge on any atom is -0.481 e. The minimum atomic E-state index is -0.904. The van der Waals surface area contributed by atoms with Crippen LogP contribution < -0.4 is 20.9 Å². The molecule has 0 bridgehead atoms. The standard InChI is InChI=1S/C67H89N5O8S2/c1-6-71-56-36-34-50-24-15-18-27-53(50)63(56)66(2,3)58(71)30-12-8-7-9-13-31-59-67(4,5)64-54-28-19-16-25-51(54)35-37-57(64)72(59)42-23-11-10-14-33-61(74)70-55(29-21-22-40-68-60(73)32-20-17-26-52-39-49-81-82-52)65(77)69-41-44-79-46-48-80-47-45-78-43-38-62(75)76/h7-9,12-13,15-16,18-19,24-25,27-28,30-31,34-37,52,55H,6,10-11,14,17,20-23,26,29,32-33,38-49H2,1-5H3,(H3-,68,69,70,73,74,75,76,77)/p+1. The summed E-state index contributed by atoms with van der Waals surface area (Å²) < 4.78 is 18.8. The number of hydrogen-bond acceptors (Lipinski definition) is 10. The number of carboxylic acid groups (broad SMARTS) is 1. The van der Waals surface area contributed by atoms with Crippen LogP contribution in [0.25, 0.3) is 21.5 Å². The smallest absolute Gasteiger partial charge is 0.305 e. The Kier molecular flexibility index (Phi) is 25.7. The second kappa shape index (κ2) is 33.0. The number of carboxylic acids is 1. The summed E-state index contributed by atoms with van der Waals surface area (Å²) in [4.78, 5) is 52.5. The van der Waals surface area contributed by atoms with Crippen molar-refractivity contribution in [1.82, 2.24) is 16.0 Å². The summed E-state index contributed by atoms with van der Waals surface area (Å²) >= 11 is 0. The summed E-state index contributed by atoms with van der Waals surface area (Å²) in [5.74, 6) is -0.00967. The first-order valence-electron chi connectivity index (χ1n) is 30.1. The molecule has 3 aliphatic heterocycles. The number of hydrogen-bond donors (Lipinski definition) is 4. The fraction of sp³-hybridized carbons (Fsp3) is 0.507. The molecule has 0 aliphatic carbocycles. The average Bonchev–Trinajstić information content (AvgIpc) is 2.22. The van der Waals surface area contributed by atoms with Crippen LogP contribution in [0.3, 0.4) is 0 Å². The molecule has 2 unspecified atom stereocenters. The molecule has 7 rings (SSSR count). The van der Waals surface area contributed by atoms with Crippen molar-refractivity contribution in [2.75, 3.05) is 76.5 Å². The van der Waals surface area contributed by atoms with Gasteiger partial charge in [0, 0.05) is 84.4 Å². The summed E-state index contributed by atoms with van der Waals surface area (Å²) in [5.41, 5.74) is 7.47. The fourth-order valence-corrected chi connectivity index (χ4v) is 14.7. The highest BCUT2D eigenvalue weighted by molar-refractivity contribution is 8.77. The first kappa shape index (κ1) is 63.9. The molecule has 0 aromatic heterocycles. The van der Waals surface area contributed by atoms with E-state index in [9.17, 15) is 19.2 Å². The molecule has 4 N–H and O–H groups in total. The molecule has 0 saturated carbocycles. The Morgan fingerprint density at radius 2 is 1.34 bits per heavy atom. The Bertz CT molecular complexity index is 2920. The summed E-state index contributed by atoms with van der Waals surface area (Å²) in [6.07, 6.45) is 25.8. The predicted octanol–water partition coefficient (Wildman–Crippen LogP) is 12.8. The number of carbonyl (C=O) groups excluding carboxylic acids is 3. The summed E-state index contributed by atoms with van der Waals surface area (Å²) in [7, 11) is 3.93. The van der Waals surface area contributed by atoms with E-state index < -0.39 is 12.0 Å². The zero-order chi connectivity index (χ0) is 58.2. The normalized spacial score (nSPS) is 17.3. The Morgan fingerprint density at radius 1 is 0.683 bits per heavy atom. The maximum atomic E-state index is 13.5. The fourth-order valence-electron chi connectivity index (χ4n) is 11.7. The second-order valence-corrected chi connectivity index (χ2v) is 25.3. The number of anilines is 1. The van der Waals surface area contributed by atoms with E-state index in [0.29, 0.717) is 71.5 Å². The van der Waals surface area contributed by atoms with Gasteiger partial charge in [0.15, 0.2) is 5.71 Å². The monoisotopic (exact) mass is 1160 g/mol. The molecule has 2 atom stereocenters. The number of nitrogens with zero attached hydrogens (tertiary/aromatic N) is 2. The van der Waals surface area contributed by atoms with Gasteiger partial charge in [0.1, 0.15) is 12.6 Å². The van der Waals surface area contributed by atoms with E-state index in [0.717, 1.165) is 50.4 Å². The van der Waals surface area contributed by atoms with Crippen LogP contribution in [0.4, 0.5) is 11.4 Å². The maximum Gasteiger partial charge on any atom is 0.305 e. The number of amides is 3. The number of unbranched alkanes of at least 4 members (excludes halogenated alkanes) is 5. The Hall–Kier alpha value is -5.71. The molecule has 15 heteroatoms. The van der Waals surface area contributed by atoms with Crippen LogP contribution in [0.1, 0.15) is 136 Å². The molecule has 0 spiro atoms. The van der Waals surface area contributed by atoms with E-state index in [1.807, 2.05) is 21.6 Å². The van der Waals surface area contributed by atoms with E-state index in [2.05, 4.69) is 175 Å². The van der Waals surface area contributed by atoms with Gasteiger partial charge < -0.3 is 40.2 Å². The van der Waals surface area contributed by atoms with Crippen molar-refractivity contribution in [3.63, 3.8) is 0 Å². The van der Waals surface area contributed by atoms with Crippen molar-refractivity contribution in [3.8, 4) is 0 Å². The molecule has 13 nitrogen and oxygen atoms in total. The number of rotatable bonds is 36. The lowest BCUT2D eigenvalue weighted by atomic mass is 9.79. The van der Waals surface area contributed by atoms with Gasteiger partial charge in [0.2, 0.25) is 23.4 Å². The molecule has 1 saturated heterocycles. The SMILES string of the molecule is CCN1C(=CC=CC=CC=CC2=[N+](CCCCCCC(=O)NC(CCCCNC(=O)CCCCC3CCSS3)C(=O)NCCOCCOCCOCCC(=O)O)c3ccc4ccccc4c3C2(C)C)C(C)(C)c2c1ccc1ccccc21. The largest absolute Gasteiger partial charge is 0.481 e. The number of allylic oxidation sites excluding steroid dienone is 8. The van der Waals surface area contributed by atoms with Gasteiger partial charge in [-0.3, -0.25) is 19.2 Å². The molecular formula is C67H90N5O8S2+. The first-order valence-corrected chi connectivity index (χ1v) is 32.5. The van der Waals surface area contributed by atoms with Gasteiger partial charge in [0.25, 0.3) is 0 Å². The Labute approximate surface area is 495 Å². The highest BCUT2D eigenvalue weighted by Crippen LogP contribution is 2.51. The zero-order valence-electron chi connectivity index (χ0n) is 49.3. The second-order valence-electron chi connectivity index (χ2n) is 22.6. The van der Waals surface area contributed by atoms with E-state index in [1.165, 1.54) is 74.0 Å².